The van der Waals surface area contributed by atoms with E-state index >= 15 is 0 Å². The van der Waals surface area contributed by atoms with Crippen LogP contribution < -0.4 is 0 Å². The van der Waals surface area contributed by atoms with Gasteiger partial charge in [0.1, 0.15) is 0 Å². The third-order valence-corrected chi connectivity index (χ3v) is 2.37. The Hall–Kier alpha value is 0.0125. The average Bonchev–Trinajstić information content (AvgIpc) is 1.98. The van der Waals surface area contributed by atoms with Crippen LogP contribution in [0.4, 0.5) is 0 Å². The van der Waals surface area contributed by atoms with Gasteiger partial charge in [0.05, 0.1) is 0 Å². The SMILES string of the molecule is CC1=C(C)C(C)=C(C)C1.[Cr]. The predicted octanol–water partition coefficient (Wildman–Crippen LogP) is 3.06. The van der Waals surface area contributed by atoms with Crippen molar-refractivity contribution in [3.05, 3.63) is 22.3 Å². The molecule has 0 aromatic heterocycles. The van der Waals surface area contributed by atoms with E-state index in [1.807, 2.05) is 0 Å². The summed E-state index contributed by atoms with van der Waals surface area (Å²) in [5.41, 5.74) is 6.11. The molecule has 0 spiro atoms. The van der Waals surface area contributed by atoms with E-state index in [0.717, 1.165) is 0 Å². The van der Waals surface area contributed by atoms with Crippen LogP contribution in [0.25, 0.3) is 0 Å². The molecule has 10 heavy (non-hydrogen) atoms. The van der Waals surface area contributed by atoms with Crippen molar-refractivity contribution < 1.29 is 17.4 Å². The van der Waals surface area contributed by atoms with Gasteiger partial charge < -0.3 is 0 Å². The fraction of sp³-hybridized carbons (Fsp3) is 0.556. The second kappa shape index (κ2) is 3.42. The van der Waals surface area contributed by atoms with E-state index in [-0.39, 0.29) is 17.4 Å². The minimum atomic E-state index is 0. The Morgan fingerprint density at radius 1 is 0.800 bits per heavy atom. The van der Waals surface area contributed by atoms with Crippen molar-refractivity contribution in [3.8, 4) is 0 Å². The van der Waals surface area contributed by atoms with Crippen LogP contribution in [0.1, 0.15) is 34.1 Å². The maximum Gasteiger partial charge on any atom is 0 e. The van der Waals surface area contributed by atoms with Gasteiger partial charge in [0.25, 0.3) is 0 Å². The normalized spacial score (nSPS) is 18.0. The molecule has 1 aliphatic carbocycles. The molecular formula is C9H14Cr. The summed E-state index contributed by atoms with van der Waals surface area (Å²) in [5, 5.41) is 0. The van der Waals surface area contributed by atoms with Crippen molar-refractivity contribution in [3.63, 3.8) is 0 Å². The molecule has 0 fully saturated rings. The van der Waals surface area contributed by atoms with Crippen LogP contribution >= 0.6 is 0 Å². The summed E-state index contributed by atoms with van der Waals surface area (Å²) in [4.78, 5) is 0. The van der Waals surface area contributed by atoms with Gasteiger partial charge in [-0.2, -0.15) is 0 Å². The summed E-state index contributed by atoms with van der Waals surface area (Å²) >= 11 is 0. The van der Waals surface area contributed by atoms with Crippen molar-refractivity contribution in [1.82, 2.24) is 0 Å². The number of allylic oxidation sites excluding steroid dienone is 4. The Bertz CT molecular complexity index is 175. The molecule has 0 unspecified atom stereocenters. The molecule has 0 aromatic carbocycles. The van der Waals surface area contributed by atoms with Crippen molar-refractivity contribution in [2.45, 2.75) is 34.1 Å². The van der Waals surface area contributed by atoms with Gasteiger partial charge in [-0.05, 0) is 45.3 Å². The molecule has 56 valence electrons. The average molecular weight is 174 g/mol. The summed E-state index contributed by atoms with van der Waals surface area (Å²) in [6.07, 6.45) is 1.21. The van der Waals surface area contributed by atoms with Crippen LogP contribution in [-0.4, -0.2) is 0 Å². The first-order valence-corrected chi connectivity index (χ1v) is 3.46. The molecule has 1 rings (SSSR count). The van der Waals surface area contributed by atoms with Gasteiger partial charge in [-0.25, -0.2) is 0 Å². The van der Waals surface area contributed by atoms with E-state index in [4.69, 9.17) is 0 Å². The smallest absolute Gasteiger partial charge is 0 e. The molecule has 0 aromatic rings. The Morgan fingerprint density at radius 3 is 1.20 bits per heavy atom. The molecular weight excluding hydrogens is 160 g/mol. The zero-order chi connectivity index (χ0) is 7.02. The molecule has 0 nitrogen and oxygen atoms in total. The topological polar surface area (TPSA) is 0 Å². The van der Waals surface area contributed by atoms with Crippen molar-refractivity contribution >= 4 is 0 Å². The van der Waals surface area contributed by atoms with Gasteiger partial charge in [0, 0.05) is 17.4 Å². The zero-order valence-electron chi connectivity index (χ0n) is 7.12. The van der Waals surface area contributed by atoms with Gasteiger partial charge in [0.15, 0.2) is 0 Å². The van der Waals surface area contributed by atoms with E-state index in [2.05, 4.69) is 27.7 Å². The van der Waals surface area contributed by atoms with Crippen molar-refractivity contribution in [1.29, 1.82) is 0 Å². The summed E-state index contributed by atoms with van der Waals surface area (Å²) in [7, 11) is 0. The van der Waals surface area contributed by atoms with Crippen LogP contribution in [-0.2, 0) is 17.4 Å². The molecule has 0 saturated carbocycles. The second-order valence-corrected chi connectivity index (χ2v) is 2.99. The minimum absolute atomic E-state index is 0. The summed E-state index contributed by atoms with van der Waals surface area (Å²) < 4.78 is 0. The first-order valence-electron chi connectivity index (χ1n) is 3.46. The first-order chi connectivity index (χ1) is 4.13. The van der Waals surface area contributed by atoms with Gasteiger partial charge >= 0.3 is 0 Å². The summed E-state index contributed by atoms with van der Waals surface area (Å²) in [6.45, 7) is 8.85. The van der Waals surface area contributed by atoms with Gasteiger partial charge in [-0.1, -0.05) is 11.1 Å². The van der Waals surface area contributed by atoms with E-state index in [1.54, 1.807) is 11.1 Å². The number of hydrogen-bond donors (Lipinski definition) is 0. The molecule has 1 heteroatoms. The summed E-state index contributed by atoms with van der Waals surface area (Å²) in [6, 6.07) is 0. The van der Waals surface area contributed by atoms with E-state index < -0.39 is 0 Å². The largest absolute Gasteiger partial charge is 0.0661 e. The van der Waals surface area contributed by atoms with Crippen LogP contribution in [0.3, 0.4) is 0 Å². The monoisotopic (exact) mass is 174 g/mol. The van der Waals surface area contributed by atoms with E-state index in [1.165, 1.54) is 17.6 Å². The van der Waals surface area contributed by atoms with E-state index in [0.29, 0.717) is 0 Å². The maximum atomic E-state index is 2.22. The maximum absolute atomic E-state index is 2.22. The molecule has 0 radical (unpaired) electrons. The molecule has 0 N–H and O–H groups in total. The minimum Gasteiger partial charge on any atom is -0.0661 e. The quantitative estimate of drug-likeness (QED) is 0.529. The molecule has 1 aliphatic rings. The fourth-order valence-electron chi connectivity index (χ4n) is 1.30. The molecule has 0 atom stereocenters. The van der Waals surface area contributed by atoms with Crippen LogP contribution in [0.5, 0.6) is 0 Å². The van der Waals surface area contributed by atoms with Crippen LogP contribution in [0.2, 0.25) is 0 Å². The van der Waals surface area contributed by atoms with E-state index in [9.17, 15) is 0 Å². The standard InChI is InChI=1S/C9H14.Cr/c1-6-5-7(2)9(4)8(6)3;/h5H2,1-4H3;. The molecule has 0 heterocycles. The second-order valence-electron chi connectivity index (χ2n) is 2.99. The Kier molecular flexibility index (Phi) is 3.42. The van der Waals surface area contributed by atoms with Gasteiger partial charge in [-0.15, -0.1) is 0 Å². The number of rotatable bonds is 0. The fourth-order valence-corrected chi connectivity index (χ4v) is 1.30. The first kappa shape index (κ1) is 10.0. The summed E-state index contributed by atoms with van der Waals surface area (Å²) in [5.74, 6) is 0. The zero-order valence-corrected chi connectivity index (χ0v) is 8.39. The molecule has 0 saturated heterocycles. The number of hydrogen-bond acceptors (Lipinski definition) is 0. The van der Waals surface area contributed by atoms with Crippen molar-refractivity contribution in [2.75, 3.05) is 0 Å². The van der Waals surface area contributed by atoms with Gasteiger partial charge in [-0.3, -0.25) is 0 Å². The Labute approximate surface area is 74.1 Å². The van der Waals surface area contributed by atoms with Crippen LogP contribution in [0.15, 0.2) is 22.3 Å². The molecule has 0 amide bonds. The molecule has 0 bridgehead atoms. The Balaban J connectivity index is 0.000000810. The third kappa shape index (κ3) is 1.54. The third-order valence-electron chi connectivity index (χ3n) is 2.37. The van der Waals surface area contributed by atoms with Crippen LogP contribution in [0, 0.1) is 0 Å². The predicted molar refractivity (Wildman–Crippen MR) is 41.4 cm³/mol. The van der Waals surface area contributed by atoms with Crippen molar-refractivity contribution in [2.24, 2.45) is 0 Å². The molecule has 0 aliphatic heterocycles. The Morgan fingerprint density at radius 2 is 1.10 bits per heavy atom. The van der Waals surface area contributed by atoms with Gasteiger partial charge in [0.2, 0.25) is 0 Å².